The molecule has 0 amide bonds. The lowest BCUT2D eigenvalue weighted by molar-refractivity contribution is 0.295. The Bertz CT molecular complexity index is 589. The number of pyridine rings is 1. The molecule has 104 valence electrons. The fourth-order valence-corrected chi connectivity index (χ4v) is 1.84. The fraction of sp³-hybridized carbons (Fsp3) is 0.214. The Morgan fingerprint density at radius 3 is 2.70 bits per heavy atom. The van der Waals surface area contributed by atoms with Gasteiger partial charge in [0.25, 0.3) is 0 Å². The number of methoxy groups -OCH3 is 1. The molecule has 0 aliphatic rings. The molecule has 0 saturated heterocycles. The van der Waals surface area contributed by atoms with Crippen molar-refractivity contribution < 1.29 is 19.5 Å². The lowest BCUT2D eigenvalue weighted by atomic mass is 9.82. The van der Waals surface area contributed by atoms with Gasteiger partial charge in [-0.3, -0.25) is 4.98 Å². The molecule has 0 fully saturated rings. The molecule has 0 radical (unpaired) electrons. The van der Waals surface area contributed by atoms with Crippen molar-refractivity contribution in [3.05, 3.63) is 47.8 Å². The lowest BCUT2D eigenvalue weighted by Gasteiger charge is -2.11. The summed E-state index contributed by atoms with van der Waals surface area (Å²) in [7, 11) is 0.0536. The van der Waals surface area contributed by atoms with E-state index in [-0.39, 0.29) is 0 Å². The molecular formula is C14H16BNO4. The van der Waals surface area contributed by atoms with Gasteiger partial charge in [0.15, 0.2) is 0 Å². The van der Waals surface area contributed by atoms with Crippen molar-refractivity contribution in [2.75, 3.05) is 7.11 Å². The highest BCUT2D eigenvalue weighted by atomic mass is 16.5. The maximum Gasteiger partial charge on any atom is 0.490 e. The first-order chi connectivity index (χ1) is 9.60. The molecule has 0 saturated carbocycles. The summed E-state index contributed by atoms with van der Waals surface area (Å²) < 4.78 is 10.9. The van der Waals surface area contributed by atoms with Gasteiger partial charge in [-0.2, -0.15) is 0 Å². The van der Waals surface area contributed by atoms with Crippen LogP contribution in [0.2, 0.25) is 0 Å². The first-order valence-corrected chi connectivity index (χ1v) is 6.17. The third-order valence-corrected chi connectivity index (χ3v) is 2.86. The van der Waals surface area contributed by atoms with Gasteiger partial charge >= 0.3 is 7.12 Å². The largest absolute Gasteiger partial charge is 0.496 e. The van der Waals surface area contributed by atoms with Gasteiger partial charge in [0, 0.05) is 17.2 Å². The summed E-state index contributed by atoms with van der Waals surface area (Å²) in [4.78, 5) is 3.90. The molecule has 5 nitrogen and oxygen atoms in total. The first kappa shape index (κ1) is 14.4. The number of ether oxygens (including phenoxy) is 2. The van der Waals surface area contributed by atoms with Crippen LogP contribution in [0.5, 0.6) is 11.5 Å². The van der Waals surface area contributed by atoms with Crippen molar-refractivity contribution in [3.63, 3.8) is 0 Å². The van der Waals surface area contributed by atoms with Crippen LogP contribution < -0.4 is 14.9 Å². The SMILES string of the molecule is COc1ccc(C)cc1COc1cncc(B(O)O)c1. The van der Waals surface area contributed by atoms with Crippen molar-refractivity contribution in [2.24, 2.45) is 0 Å². The van der Waals surface area contributed by atoms with Gasteiger partial charge in [-0.25, -0.2) is 0 Å². The highest BCUT2D eigenvalue weighted by Crippen LogP contribution is 2.21. The Morgan fingerprint density at radius 2 is 2.00 bits per heavy atom. The Balaban J connectivity index is 2.12. The zero-order valence-corrected chi connectivity index (χ0v) is 11.4. The molecule has 6 heteroatoms. The number of aryl methyl sites for hydroxylation is 1. The van der Waals surface area contributed by atoms with E-state index in [1.807, 2.05) is 25.1 Å². The summed E-state index contributed by atoms with van der Waals surface area (Å²) in [6.07, 6.45) is 2.90. The second-order valence-corrected chi connectivity index (χ2v) is 4.43. The van der Waals surface area contributed by atoms with Crippen molar-refractivity contribution in [3.8, 4) is 11.5 Å². The molecule has 0 spiro atoms. The van der Waals surface area contributed by atoms with E-state index in [1.165, 1.54) is 12.4 Å². The van der Waals surface area contributed by atoms with E-state index in [1.54, 1.807) is 13.2 Å². The third kappa shape index (κ3) is 3.49. The normalized spacial score (nSPS) is 10.2. The highest BCUT2D eigenvalue weighted by Gasteiger charge is 2.12. The zero-order chi connectivity index (χ0) is 14.5. The predicted octanol–water partition coefficient (Wildman–Crippen LogP) is 0.657. The minimum atomic E-state index is -1.56. The first-order valence-electron chi connectivity index (χ1n) is 6.17. The standard InChI is InChI=1S/C14H16BNO4/c1-10-3-4-14(19-2)11(5-10)9-20-13-6-12(15(17)18)7-16-8-13/h3-8,17-18H,9H2,1-2H3. The summed E-state index contributed by atoms with van der Waals surface area (Å²) in [5, 5.41) is 18.2. The number of hydrogen-bond donors (Lipinski definition) is 2. The van der Waals surface area contributed by atoms with E-state index in [0.717, 1.165) is 16.9 Å². The summed E-state index contributed by atoms with van der Waals surface area (Å²) >= 11 is 0. The molecule has 0 aliphatic carbocycles. The van der Waals surface area contributed by atoms with Crippen LogP contribution in [0.4, 0.5) is 0 Å². The van der Waals surface area contributed by atoms with Crippen molar-refractivity contribution in [1.82, 2.24) is 4.98 Å². The summed E-state index contributed by atoms with van der Waals surface area (Å²) in [6, 6.07) is 7.38. The topological polar surface area (TPSA) is 71.8 Å². The van der Waals surface area contributed by atoms with Gasteiger partial charge in [0.1, 0.15) is 18.1 Å². The smallest absolute Gasteiger partial charge is 0.490 e. The quantitative estimate of drug-likeness (QED) is 0.783. The molecule has 2 N–H and O–H groups in total. The third-order valence-electron chi connectivity index (χ3n) is 2.86. The molecule has 0 aliphatic heterocycles. The van der Waals surface area contributed by atoms with E-state index in [4.69, 9.17) is 19.5 Å². The highest BCUT2D eigenvalue weighted by molar-refractivity contribution is 6.58. The molecule has 2 aromatic rings. The molecule has 2 rings (SSSR count). The van der Waals surface area contributed by atoms with Crippen molar-refractivity contribution >= 4 is 12.6 Å². The Morgan fingerprint density at radius 1 is 1.20 bits per heavy atom. The molecule has 1 aromatic heterocycles. The van der Waals surface area contributed by atoms with Gasteiger partial charge in [-0.05, 0) is 25.1 Å². The van der Waals surface area contributed by atoms with Crippen LogP contribution in [0.1, 0.15) is 11.1 Å². The van der Waals surface area contributed by atoms with E-state index in [0.29, 0.717) is 17.8 Å². The van der Waals surface area contributed by atoms with E-state index < -0.39 is 7.12 Å². The Hall–Kier alpha value is -2.05. The van der Waals surface area contributed by atoms with Crippen LogP contribution in [0, 0.1) is 6.92 Å². The maximum absolute atomic E-state index is 9.09. The van der Waals surface area contributed by atoms with Gasteiger partial charge in [0.05, 0.1) is 13.3 Å². The van der Waals surface area contributed by atoms with Gasteiger partial charge in [-0.1, -0.05) is 11.6 Å². The number of hydrogen-bond acceptors (Lipinski definition) is 5. The average Bonchev–Trinajstić information content (AvgIpc) is 2.45. The van der Waals surface area contributed by atoms with Crippen molar-refractivity contribution in [2.45, 2.75) is 13.5 Å². The summed E-state index contributed by atoms with van der Waals surface area (Å²) in [6.45, 7) is 2.31. The van der Waals surface area contributed by atoms with E-state index in [9.17, 15) is 0 Å². The van der Waals surface area contributed by atoms with Gasteiger partial charge < -0.3 is 19.5 Å². The van der Waals surface area contributed by atoms with E-state index in [2.05, 4.69) is 4.98 Å². The molecule has 1 aromatic carbocycles. The fourth-order valence-electron chi connectivity index (χ4n) is 1.84. The number of rotatable bonds is 5. The van der Waals surface area contributed by atoms with E-state index >= 15 is 0 Å². The van der Waals surface area contributed by atoms with Gasteiger partial charge in [0.2, 0.25) is 0 Å². The Kier molecular flexibility index (Phi) is 4.60. The summed E-state index contributed by atoms with van der Waals surface area (Å²) in [5.41, 5.74) is 2.32. The molecular weight excluding hydrogens is 257 g/mol. The van der Waals surface area contributed by atoms with Crippen LogP contribution >= 0.6 is 0 Å². The number of nitrogens with zero attached hydrogens (tertiary/aromatic N) is 1. The minimum Gasteiger partial charge on any atom is -0.496 e. The molecule has 0 atom stereocenters. The number of benzene rings is 1. The predicted molar refractivity (Wildman–Crippen MR) is 76.1 cm³/mol. The lowest BCUT2D eigenvalue weighted by Crippen LogP contribution is -2.30. The molecule has 1 heterocycles. The van der Waals surface area contributed by atoms with Crippen LogP contribution in [-0.2, 0) is 6.61 Å². The van der Waals surface area contributed by atoms with Crippen molar-refractivity contribution in [1.29, 1.82) is 0 Å². The van der Waals surface area contributed by atoms with Crippen LogP contribution in [-0.4, -0.2) is 29.3 Å². The maximum atomic E-state index is 9.09. The molecule has 0 bridgehead atoms. The second-order valence-electron chi connectivity index (χ2n) is 4.43. The number of aromatic nitrogens is 1. The van der Waals surface area contributed by atoms with Crippen LogP contribution in [0.25, 0.3) is 0 Å². The molecule has 20 heavy (non-hydrogen) atoms. The molecule has 0 unspecified atom stereocenters. The second kappa shape index (κ2) is 6.41. The van der Waals surface area contributed by atoms with Crippen LogP contribution in [0.3, 0.4) is 0 Å². The minimum absolute atomic E-state index is 0.290. The van der Waals surface area contributed by atoms with Gasteiger partial charge in [-0.15, -0.1) is 0 Å². The summed E-state index contributed by atoms with van der Waals surface area (Å²) in [5.74, 6) is 1.22. The average molecular weight is 273 g/mol. The van der Waals surface area contributed by atoms with Crippen LogP contribution in [0.15, 0.2) is 36.7 Å². The Labute approximate surface area is 118 Å². The monoisotopic (exact) mass is 273 g/mol. The zero-order valence-electron chi connectivity index (χ0n) is 11.4.